The van der Waals surface area contributed by atoms with Gasteiger partial charge in [0.15, 0.2) is 5.16 Å². The molecule has 0 N–H and O–H groups in total. The van der Waals surface area contributed by atoms with Gasteiger partial charge < -0.3 is 4.74 Å². The molecule has 5 heteroatoms. The van der Waals surface area contributed by atoms with Gasteiger partial charge in [-0.2, -0.15) is 0 Å². The smallest absolute Gasteiger partial charge is 0.316 e. The van der Waals surface area contributed by atoms with Crippen LogP contribution in [0.2, 0.25) is 0 Å². The van der Waals surface area contributed by atoms with Gasteiger partial charge in [0.25, 0.3) is 0 Å². The first-order valence-electron chi connectivity index (χ1n) is 5.41. The van der Waals surface area contributed by atoms with Crippen LogP contribution in [0.1, 0.15) is 13.8 Å². The summed E-state index contributed by atoms with van der Waals surface area (Å²) in [6.45, 7) is 3.68. The minimum absolute atomic E-state index is 0.0693. The Labute approximate surface area is 104 Å². The van der Waals surface area contributed by atoms with Crippen molar-refractivity contribution in [2.75, 3.05) is 5.75 Å². The number of esters is 1. The lowest BCUT2D eigenvalue weighted by Crippen LogP contribution is -2.13. The predicted octanol–water partition coefficient (Wildman–Crippen LogP) is 2.38. The zero-order chi connectivity index (χ0) is 12.3. The Morgan fingerprint density at radius 3 is 3.12 bits per heavy atom. The number of rotatable bonds is 4. The quantitative estimate of drug-likeness (QED) is 0.617. The molecule has 0 aliphatic rings. The first-order valence-corrected chi connectivity index (χ1v) is 6.40. The van der Waals surface area contributed by atoms with Gasteiger partial charge >= 0.3 is 5.97 Å². The Bertz CT molecular complexity index is 522. The van der Waals surface area contributed by atoms with Crippen molar-refractivity contribution in [3.63, 3.8) is 0 Å². The molecule has 0 saturated carbocycles. The molecule has 0 aliphatic heterocycles. The predicted molar refractivity (Wildman–Crippen MR) is 67.1 cm³/mol. The lowest BCUT2D eigenvalue weighted by atomic mass is 10.4. The van der Waals surface area contributed by atoms with Crippen LogP contribution < -0.4 is 0 Å². The van der Waals surface area contributed by atoms with E-state index in [9.17, 15) is 4.79 Å². The lowest BCUT2D eigenvalue weighted by molar-refractivity contribution is -0.144. The number of ether oxygens (including phenoxy) is 1. The molecule has 17 heavy (non-hydrogen) atoms. The Balaban J connectivity index is 2.02. The van der Waals surface area contributed by atoms with Gasteiger partial charge in [0.2, 0.25) is 0 Å². The van der Waals surface area contributed by atoms with Gasteiger partial charge in [-0.25, -0.2) is 4.98 Å². The first-order chi connectivity index (χ1) is 8.16. The summed E-state index contributed by atoms with van der Waals surface area (Å²) < 4.78 is 7.02. The van der Waals surface area contributed by atoms with Crippen LogP contribution in [0.4, 0.5) is 0 Å². The standard InChI is InChI=1S/C12H14N2O2S/c1-9(2)16-11(15)8-17-12-13-7-10-5-3-4-6-14(10)12/h3-7,9H,8H2,1-2H3. The van der Waals surface area contributed by atoms with Crippen molar-refractivity contribution in [2.45, 2.75) is 25.1 Å². The monoisotopic (exact) mass is 250 g/mol. The van der Waals surface area contributed by atoms with Crippen LogP contribution in [-0.2, 0) is 9.53 Å². The molecular formula is C12H14N2O2S. The van der Waals surface area contributed by atoms with E-state index in [1.165, 1.54) is 11.8 Å². The average Bonchev–Trinajstić information content (AvgIpc) is 2.69. The Hall–Kier alpha value is -1.49. The van der Waals surface area contributed by atoms with Crippen LogP contribution in [0.5, 0.6) is 0 Å². The number of aromatic nitrogens is 2. The number of hydrogen-bond acceptors (Lipinski definition) is 4. The van der Waals surface area contributed by atoms with E-state index in [-0.39, 0.29) is 17.8 Å². The molecule has 0 aliphatic carbocycles. The van der Waals surface area contributed by atoms with E-state index in [2.05, 4.69) is 4.98 Å². The van der Waals surface area contributed by atoms with E-state index in [1.54, 1.807) is 6.20 Å². The molecule has 0 saturated heterocycles. The van der Waals surface area contributed by atoms with E-state index in [0.29, 0.717) is 0 Å². The van der Waals surface area contributed by atoms with Crippen LogP contribution in [-0.4, -0.2) is 27.2 Å². The maximum absolute atomic E-state index is 11.4. The fourth-order valence-corrected chi connectivity index (χ4v) is 2.19. The van der Waals surface area contributed by atoms with Crippen LogP contribution in [0, 0.1) is 0 Å². The van der Waals surface area contributed by atoms with Crippen molar-refractivity contribution in [3.8, 4) is 0 Å². The van der Waals surface area contributed by atoms with Crippen molar-refractivity contribution in [1.82, 2.24) is 9.38 Å². The van der Waals surface area contributed by atoms with Crippen LogP contribution in [0.3, 0.4) is 0 Å². The second-order valence-corrected chi connectivity index (χ2v) is 4.81. The molecule has 90 valence electrons. The molecule has 0 fully saturated rings. The fourth-order valence-electron chi connectivity index (χ4n) is 1.45. The lowest BCUT2D eigenvalue weighted by Gasteiger charge is -2.06. The number of carbonyl (C=O) groups excluding carboxylic acids is 1. The Morgan fingerprint density at radius 2 is 2.35 bits per heavy atom. The maximum Gasteiger partial charge on any atom is 0.316 e. The first kappa shape index (κ1) is 12.0. The highest BCUT2D eigenvalue weighted by molar-refractivity contribution is 7.99. The zero-order valence-electron chi connectivity index (χ0n) is 9.79. The molecule has 2 rings (SSSR count). The van der Waals surface area contributed by atoms with Gasteiger partial charge in [-0.15, -0.1) is 0 Å². The largest absolute Gasteiger partial charge is 0.462 e. The molecule has 0 atom stereocenters. The average molecular weight is 250 g/mol. The molecule has 0 bridgehead atoms. The fraction of sp³-hybridized carbons (Fsp3) is 0.333. The number of hydrogen-bond donors (Lipinski definition) is 0. The number of thioether (sulfide) groups is 1. The Kier molecular flexibility index (Phi) is 3.68. The number of carbonyl (C=O) groups is 1. The molecule has 0 amide bonds. The van der Waals surface area contributed by atoms with E-state index in [4.69, 9.17) is 4.74 Å². The number of fused-ring (bicyclic) bond motifs is 1. The highest BCUT2D eigenvalue weighted by Crippen LogP contribution is 2.18. The highest BCUT2D eigenvalue weighted by atomic mass is 32.2. The third-order valence-electron chi connectivity index (χ3n) is 2.09. The van der Waals surface area contributed by atoms with Gasteiger partial charge in [-0.1, -0.05) is 17.8 Å². The molecule has 2 heterocycles. The van der Waals surface area contributed by atoms with Crippen molar-refractivity contribution < 1.29 is 9.53 Å². The molecule has 2 aromatic heterocycles. The summed E-state index contributed by atoms with van der Waals surface area (Å²) in [6.07, 6.45) is 3.65. The SMILES string of the molecule is CC(C)OC(=O)CSc1ncc2ccccn12. The summed E-state index contributed by atoms with van der Waals surface area (Å²) in [5.74, 6) is 0.0734. The van der Waals surface area contributed by atoms with E-state index < -0.39 is 0 Å². The molecule has 2 aromatic rings. The van der Waals surface area contributed by atoms with Crippen molar-refractivity contribution >= 4 is 23.2 Å². The summed E-state index contributed by atoms with van der Waals surface area (Å²) in [4.78, 5) is 15.7. The number of pyridine rings is 1. The topological polar surface area (TPSA) is 43.6 Å². The third-order valence-corrected chi connectivity index (χ3v) is 3.03. The molecule has 0 unspecified atom stereocenters. The van der Waals surface area contributed by atoms with Crippen molar-refractivity contribution in [2.24, 2.45) is 0 Å². The molecule has 0 spiro atoms. The minimum Gasteiger partial charge on any atom is -0.462 e. The van der Waals surface area contributed by atoms with E-state index in [0.717, 1.165) is 10.7 Å². The number of nitrogens with zero attached hydrogens (tertiary/aromatic N) is 2. The van der Waals surface area contributed by atoms with Gasteiger partial charge in [-0.05, 0) is 26.0 Å². The van der Waals surface area contributed by atoms with Gasteiger partial charge in [0.05, 0.1) is 23.6 Å². The van der Waals surface area contributed by atoms with Gasteiger partial charge in [0, 0.05) is 6.20 Å². The highest BCUT2D eigenvalue weighted by Gasteiger charge is 2.09. The van der Waals surface area contributed by atoms with Gasteiger partial charge in [0.1, 0.15) is 0 Å². The second-order valence-electron chi connectivity index (χ2n) is 3.86. The Morgan fingerprint density at radius 1 is 1.53 bits per heavy atom. The summed E-state index contributed by atoms with van der Waals surface area (Å²) in [7, 11) is 0. The van der Waals surface area contributed by atoms with Crippen LogP contribution in [0.25, 0.3) is 5.52 Å². The summed E-state index contributed by atoms with van der Waals surface area (Å²) >= 11 is 1.38. The van der Waals surface area contributed by atoms with Crippen LogP contribution in [0.15, 0.2) is 35.7 Å². The summed E-state index contributed by atoms with van der Waals surface area (Å²) in [5.41, 5.74) is 1.02. The van der Waals surface area contributed by atoms with Crippen LogP contribution >= 0.6 is 11.8 Å². The number of imidazole rings is 1. The summed E-state index contributed by atoms with van der Waals surface area (Å²) in [6, 6.07) is 5.87. The third kappa shape index (κ3) is 3.00. The second kappa shape index (κ2) is 5.23. The summed E-state index contributed by atoms with van der Waals surface area (Å²) in [5, 5.41) is 0.807. The normalized spacial score (nSPS) is 11.0. The zero-order valence-corrected chi connectivity index (χ0v) is 10.6. The molecule has 4 nitrogen and oxygen atoms in total. The molecule has 0 aromatic carbocycles. The van der Waals surface area contributed by atoms with Gasteiger partial charge in [-0.3, -0.25) is 9.20 Å². The van der Waals surface area contributed by atoms with Crippen molar-refractivity contribution in [3.05, 3.63) is 30.6 Å². The van der Waals surface area contributed by atoms with E-state index in [1.807, 2.05) is 42.6 Å². The van der Waals surface area contributed by atoms with E-state index >= 15 is 0 Å². The minimum atomic E-state index is -0.210. The maximum atomic E-state index is 11.4. The molecule has 0 radical (unpaired) electrons. The van der Waals surface area contributed by atoms with Crippen molar-refractivity contribution in [1.29, 1.82) is 0 Å². The molecular weight excluding hydrogens is 236 g/mol.